The minimum Gasteiger partial charge on any atom is -0.326 e. The average molecular weight is 179 g/mol. The second-order valence-electron chi connectivity index (χ2n) is 3.30. The van der Waals surface area contributed by atoms with Gasteiger partial charge < -0.3 is 11.5 Å². The van der Waals surface area contributed by atoms with E-state index < -0.39 is 0 Å². The first kappa shape index (κ1) is 10.2. The topological polar surface area (TPSA) is 64.9 Å². The van der Waals surface area contributed by atoms with Gasteiger partial charge in [-0.3, -0.25) is 4.98 Å². The van der Waals surface area contributed by atoms with Gasteiger partial charge in [0.1, 0.15) is 0 Å². The summed E-state index contributed by atoms with van der Waals surface area (Å²) in [7, 11) is 0. The van der Waals surface area contributed by atoms with Crippen LogP contribution in [0.1, 0.15) is 18.9 Å². The lowest BCUT2D eigenvalue weighted by atomic mass is 10.0. The zero-order valence-corrected chi connectivity index (χ0v) is 7.98. The Bertz CT molecular complexity index is 235. The van der Waals surface area contributed by atoms with Crippen molar-refractivity contribution in [2.45, 2.75) is 31.8 Å². The molecule has 0 amide bonds. The van der Waals surface area contributed by atoms with Gasteiger partial charge in [-0.25, -0.2) is 0 Å². The maximum Gasteiger partial charge on any atom is 0.0270 e. The number of nitrogens with two attached hydrogens (primary N) is 2. The normalized spacial score (nSPS) is 15.3. The maximum absolute atomic E-state index is 5.91. The smallest absolute Gasteiger partial charge is 0.0270 e. The largest absolute Gasteiger partial charge is 0.326 e. The van der Waals surface area contributed by atoms with E-state index in [0.29, 0.717) is 0 Å². The van der Waals surface area contributed by atoms with Gasteiger partial charge in [-0.15, -0.1) is 0 Å². The fraction of sp³-hybridized carbons (Fsp3) is 0.500. The van der Waals surface area contributed by atoms with Crippen LogP contribution in [0, 0.1) is 0 Å². The molecule has 0 aromatic carbocycles. The van der Waals surface area contributed by atoms with E-state index in [4.69, 9.17) is 11.5 Å². The second-order valence-corrected chi connectivity index (χ2v) is 3.30. The molecule has 1 aromatic heterocycles. The van der Waals surface area contributed by atoms with Gasteiger partial charge in [-0.1, -0.05) is 6.92 Å². The predicted molar refractivity (Wildman–Crippen MR) is 54.2 cm³/mol. The van der Waals surface area contributed by atoms with E-state index in [0.717, 1.165) is 12.8 Å². The highest BCUT2D eigenvalue weighted by Crippen LogP contribution is 2.03. The van der Waals surface area contributed by atoms with Crippen LogP contribution < -0.4 is 11.5 Å². The Hall–Kier alpha value is -0.930. The van der Waals surface area contributed by atoms with Crippen LogP contribution in [0.15, 0.2) is 24.5 Å². The van der Waals surface area contributed by atoms with Crippen LogP contribution in [-0.4, -0.2) is 17.1 Å². The lowest BCUT2D eigenvalue weighted by Crippen LogP contribution is -2.42. The Morgan fingerprint density at radius 1 is 1.23 bits per heavy atom. The Balaban J connectivity index is 2.50. The standard InChI is InChI=1S/C10H17N3/c1-2-9(11)10(12)7-8-3-5-13-6-4-8/h3-6,9-10H,2,7,11-12H2,1H3. The minimum atomic E-state index is 0.0485. The molecular weight excluding hydrogens is 162 g/mol. The first-order valence-corrected chi connectivity index (χ1v) is 4.64. The number of pyridine rings is 1. The molecule has 0 aliphatic carbocycles. The predicted octanol–water partition coefficient (Wildman–Crippen LogP) is 0.689. The average Bonchev–Trinajstić information content (AvgIpc) is 2.18. The summed E-state index contributed by atoms with van der Waals surface area (Å²) in [4.78, 5) is 3.95. The molecule has 0 saturated heterocycles. The first-order valence-electron chi connectivity index (χ1n) is 4.64. The summed E-state index contributed by atoms with van der Waals surface area (Å²) in [6, 6.07) is 4.09. The summed E-state index contributed by atoms with van der Waals surface area (Å²) in [6.07, 6.45) is 5.31. The van der Waals surface area contributed by atoms with Crippen molar-refractivity contribution in [1.82, 2.24) is 4.98 Å². The van der Waals surface area contributed by atoms with E-state index >= 15 is 0 Å². The third-order valence-corrected chi connectivity index (χ3v) is 2.24. The van der Waals surface area contributed by atoms with E-state index in [1.54, 1.807) is 12.4 Å². The fourth-order valence-corrected chi connectivity index (χ4v) is 1.25. The summed E-state index contributed by atoms with van der Waals surface area (Å²) in [5.74, 6) is 0. The molecule has 0 radical (unpaired) electrons. The van der Waals surface area contributed by atoms with Crippen molar-refractivity contribution in [3.63, 3.8) is 0 Å². The van der Waals surface area contributed by atoms with E-state index in [-0.39, 0.29) is 12.1 Å². The lowest BCUT2D eigenvalue weighted by molar-refractivity contribution is 0.509. The molecule has 13 heavy (non-hydrogen) atoms. The number of hydrogen-bond acceptors (Lipinski definition) is 3. The SMILES string of the molecule is CCC(N)C(N)Cc1ccncc1. The minimum absolute atomic E-state index is 0.0485. The summed E-state index contributed by atoms with van der Waals surface area (Å²) in [5, 5.41) is 0. The molecule has 0 aliphatic rings. The van der Waals surface area contributed by atoms with E-state index in [1.807, 2.05) is 12.1 Å². The van der Waals surface area contributed by atoms with Crippen LogP contribution in [0.5, 0.6) is 0 Å². The van der Waals surface area contributed by atoms with Crippen molar-refractivity contribution in [2.24, 2.45) is 11.5 Å². The van der Waals surface area contributed by atoms with Gasteiger partial charge in [0.15, 0.2) is 0 Å². The van der Waals surface area contributed by atoms with Crippen molar-refractivity contribution < 1.29 is 0 Å². The van der Waals surface area contributed by atoms with E-state index in [1.165, 1.54) is 5.56 Å². The van der Waals surface area contributed by atoms with Gasteiger partial charge in [0.2, 0.25) is 0 Å². The van der Waals surface area contributed by atoms with Crippen molar-refractivity contribution in [3.8, 4) is 0 Å². The summed E-state index contributed by atoms with van der Waals surface area (Å²) < 4.78 is 0. The van der Waals surface area contributed by atoms with Gasteiger partial charge >= 0.3 is 0 Å². The Morgan fingerprint density at radius 2 is 1.85 bits per heavy atom. The number of hydrogen-bond donors (Lipinski definition) is 2. The maximum atomic E-state index is 5.91. The number of rotatable bonds is 4. The van der Waals surface area contributed by atoms with Gasteiger partial charge in [0.05, 0.1) is 0 Å². The highest BCUT2D eigenvalue weighted by Gasteiger charge is 2.10. The van der Waals surface area contributed by atoms with Crippen molar-refractivity contribution in [2.75, 3.05) is 0 Å². The Labute approximate surface area is 79.2 Å². The molecule has 0 aliphatic heterocycles. The summed E-state index contributed by atoms with van der Waals surface area (Å²) in [6.45, 7) is 2.05. The zero-order valence-electron chi connectivity index (χ0n) is 7.98. The van der Waals surface area contributed by atoms with Gasteiger partial charge in [-0.2, -0.15) is 0 Å². The molecule has 2 unspecified atom stereocenters. The Kier molecular flexibility index (Phi) is 3.86. The lowest BCUT2D eigenvalue weighted by Gasteiger charge is -2.17. The molecule has 0 spiro atoms. The van der Waals surface area contributed by atoms with Crippen LogP contribution in [0.3, 0.4) is 0 Å². The van der Waals surface area contributed by atoms with E-state index in [2.05, 4.69) is 11.9 Å². The third-order valence-electron chi connectivity index (χ3n) is 2.24. The van der Waals surface area contributed by atoms with Crippen molar-refractivity contribution in [3.05, 3.63) is 30.1 Å². The molecule has 2 atom stereocenters. The molecule has 72 valence electrons. The zero-order chi connectivity index (χ0) is 9.68. The Morgan fingerprint density at radius 3 is 2.38 bits per heavy atom. The molecule has 0 bridgehead atoms. The molecule has 0 fully saturated rings. The molecular formula is C10H17N3. The number of aromatic nitrogens is 1. The van der Waals surface area contributed by atoms with Crippen molar-refractivity contribution in [1.29, 1.82) is 0 Å². The quantitative estimate of drug-likeness (QED) is 0.714. The molecule has 1 aromatic rings. The van der Waals surface area contributed by atoms with Crippen LogP contribution in [-0.2, 0) is 6.42 Å². The molecule has 1 rings (SSSR count). The third kappa shape index (κ3) is 3.13. The van der Waals surface area contributed by atoms with Crippen LogP contribution >= 0.6 is 0 Å². The van der Waals surface area contributed by atoms with Crippen LogP contribution in [0.4, 0.5) is 0 Å². The van der Waals surface area contributed by atoms with Crippen LogP contribution in [0.25, 0.3) is 0 Å². The molecule has 1 heterocycles. The summed E-state index contributed by atoms with van der Waals surface area (Å²) >= 11 is 0. The van der Waals surface area contributed by atoms with Crippen LogP contribution in [0.2, 0.25) is 0 Å². The molecule has 3 nitrogen and oxygen atoms in total. The van der Waals surface area contributed by atoms with Gasteiger partial charge in [-0.05, 0) is 30.5 Å². The fourth-order valence-electron chi connectivity index (χ4n) is 1.25. The van der Waals surface area contributed by atoms with Gasteiger partial charge in [0.25, 0.3) is 0 Å². The molecule has 0 saturated carbocycles. The number of nitrogens with zero attached hydrogens (tertiary/aromatic N) is 1. The highest BCUT2D eigenvalue weighted by atomic mass is 14.8. The highest BCUT2D eigenvalue weighted by molar-refractivity contribution is 5.11. The second kappa shape index (κ2) is 4.94. The van der Waals surface area contributed by atoms with Gasteiger partial charge in [0, 0.05) is 24.5 Å². The molecule has 3 heteroatoms. The summed E-state index contributed by atoms with van der Waals surface area (Å²) in [5.41, 5.74) is 12.9. The van der Waals surface area contributed by atoms with E-state index in [9.17, 15) is 0 Å². The first-order chi connectivity index (χ1) is 6.24. The van der Waals surface area contributed by atoms with Crippen molar-refractivity contribution >= 4 is 0 Å². The molecule has 4 N–H and O–H groups in total. The monoisotopic (exact) mass is 179 g/mol.